The highest BCUT2D eigenvalue weighted by Gasteiger charge is 2.48. The molecule has 0 aliphatic carbocycles. The molecular formula is C78H104F4N15O9P. The number of pyridine rings is 1. The number of morpholine rings is 1. The number of piperidine rings is 2. The lowest BCUT2D eigenvalue weighted by atomic mass is 9.84. The maximum Gasteiger partial charge on any atom is 0.419 e. The van der Waals surface area contributed by atoms with Crippen LogP contribution in [-0.4, -0.2) is 215 Å². The number of rotatable bonds is 14. The summed E-state index contributed by atoms with van der Waals surface area (Å²) in [7, 11) is 3.91. The number of fused-ring (bicyclic) bond motifs is 7. The topological polar surface area (TPSA) is 278 Å². The number of nitrogens with zero attached hydrogens (tertiary/aromatic N) is 10. The monoisotopic (exact) mass is 1500 g/mol. The Labute approximate surface area is 624 Å². The fourth-order valence-corrected chi connectivity index (χ4v) is 16.3. The van der Waals surface area contributed by atoms with Crippen LogP contribution in [0.3, 0.4) is 0 Å². The number of likely N-dealkylation sites (tertiary alicyclic amines) is 1. The number of alkyl halides is 4. The van der Waals surface area contributed by atoms with Gasteiger partial charge in [-0.3, -0.25) is 38.9 Å². The number of halogens is 4. The molecule has 11 rings (SSSR count). The standard InChI is InChI=1S/C55H78FN9O8.C23H26F3N6OP/c1-13-64-44-19-18-37-30-40(44)41(48(64)39-16-14-24-57-46(39)36(4)71-12)32-53(5,6)34-73-51(69)42-17-15-25-65(59-42)50(68)43(31-38-33-63(37)28-29-72-38)58-49(67)47(35(2)3)61(11)52(70)55(56)22-26-62(27-23-55)45(66)20-21-54(7,8)60(9)10;1-22(2)8-7-14(10-30-22)31-21-29-12-17(23(24,25)26)18(32-21)16-11-28-19-15(16)6-5-13(9-27)20(19)34(3,4)33/h14,16,18-19,24,30,35-36,38,42-43,47,59H,13,15,17,22-23,25-29,31-34H2,1-12H3,(H,58,67);5-6,11-12,14,28,30H,7-8,10H2,1-4H3,(H,29,31,32). The van der Waals surface area contributed by atoms with E-state index in [1.54, 1.807) is 33.2 Å². The van der Waals surface area contributed by atoms with Crippen LogP contribution in [-0.2, 0) is 61.9 Å². The van der Waals surface area contributed by atoms with Crippen molar-refractivity contribution < 1.29 is 60.3 Å². The van der Waals surface area contributed by atoms with Gasteiger partial charge in [-0.2, -0.15) is 18.4 Å². The summed E-state index contributed by atoms with van der Waals surface area (Å²) in [6.45, 7) is 25.9. The number of esters is 1. The molecule has 0 saturated carbocycles. The Hall–Kier alpha value is -8.50. The molecule has 578 valence electrons. The minimum Gasteiger partial charge on any atom is -0.464 e. The summed E-state index contributed by atoms with van der Waals surface area (Å²) in [6.07, 6.45) is 1.31. The Balaban J connectivity index is 0.000000298. The number of amides is 4. The molecular weight excluding hydrogens is 1400 g/mol. The van der Waals surface area contributed by atoms with Gasteiger partial charge in [0.2, 0.25) is 11.9 Å². The molecule has 6 unspecified atom stereocenters. The average Bonchev–Trinajstić information content (AvgIpc) is 1.61. The van der Waals surface area contributed by atoms with Crippen LogP contribution in [0.2, 0.25) is 0 Å². The Bertz CT molecular complexity index is 4450. The Morgan fingerprint density at radius 3 is 2.33 bits per heavy atom. The first-order chi connectivity index (χ1) is 50.3. The van der Waals surface area contributed by atoms with Crippen LogP contribution < -0.4 is 31.6 Å². The number of ether oxygens (including phenoxy) is 3. The molecule has 6 atom stereocenters. The van der Waals surface area contributed by atoms with E-state index in [9.17, 15) is 47.0 Å². The minimum atomic E-state index is -4.67. The van der Waals surface area contributed by atoms with Gasteiger partial charge < -0.3 is 59.0 Å². The molecule has 0 spiro atoms. The zero-order valence-corrected chi connectivity index (χ0v) is 65.3. The number of nitrogens with one attached hydrogen (secondary N) is 5. The van der Waals surface area contributed by atoms with Crippen LogP contribution in [0.1, 0.15) is 143 Å². The Kier molecular flexibility index (Phi) is 24.5. The molecule has 4 fully saturated rings. The number of benzene rings is 2. The van der Waals surface area contributed by atoms with Crippen LogP contribution in [0.5, 0.6) is 0 Å². The lowest BCUT2D eigenvalue weighted by Gasteiger charge is -2.41. The average molecular weight is 1500 g/mol. The predicted molar refractivity (Wildman–Crippen MR) is 405 cm³/mol. The van der Waals surface area contributed by atoms with Crippen LogP contribution in [0.15, 0.2) is 61.1 Å². The molecule has 5 aliphatic rings. The number of hydrazine groups is 1. The molecule has 2 aromatic carbocycles. The highest BCUT2D eigenvalue weighted by molar-refractivity contribution is 7.70. The number of cyclic esters (lactones) is 1. The zero-order chi connectivity index (χ0) is 78.0. The summed E-state index contributed by atoms with van der Waals surface area (Å²) in [5.74, 6) is 2.38. The maximum atomic E-state index is 16.8. The van der Waals surface area contributed by atoms with Crippen molar-refractivity contribution in [3.8, 4) is 40.4 Å². The number of hydrogen-bond donors (Lipinski definition) is 5. The second kappa shape index (κ2) is 32.4. The molecule has 4 amide bonds. The third-order valence-electron chi connectivity index (χ3n) is 21.5. The third kappa shape index (κ3) is 18.1. The first-order valence-electron chi connectivity index (χ1n) is 36.8. The van der Waals surface area contributed by atoms with Gasteiger partial charge in [-0.15, -0.1) is 0 Å². The first kappa shape index (κ1) is 81.0. The van der Waals surface area contributed by atoms with Gasteiger partial charge in [-0.05, 0) is 155 Å². The normalized spacial score (nSPS) is 21.3. The van der Waals surface area contributed by atoms with E-state index in [-0.39, 0.29) is 86.0 Å². The van der Waals surface area contributed by atoms with Gasteiger partial charge >= 0.3 is 12.1 Å². The van der Waals surface area contributed by atoms with Crippen LogP contribution in [0, 0.1) is 34.5 Å². The van der Waals surface area contributed by atoms with E-state index in [1.807, 2.05) is 51.9 Å². The summed E-state index contributed by atoms with van der Waals surface area (Å²) >= 11 is 0. The molecule has 107 heavy (non-hydrogen) atoms. The summed E-state index contributed by atoms with van der Waals surface area (Å²) in [6, 6.07) is 12.4. The summed E-state index contributed by atoms with van der Waals surface area (Å²) < 4.78 is 92.0. The van der Waals surface area contributed by atoms with Gasteiger partial charge in [0, 0.05) is 148 Å². The lowest BCUT2D eigenvalue weighted by Crippen LogP contribution is -2.63. The molecule has 6 aromatic rings. The molecule has 9 heterocycles. The third-order valence-corrected chi connectivity index (χ3v) is 23.0. The number of anilines is 2. The van der Waals surface area contributed by atoms with E-state index >= 15 is 4.39 Å². The van der Waals surface area contributed by atoms with Crippen LogP contribution >= 0.6 is 7.14 Å². The molecule has 24 nitrogen and oxygen atoms in total. The quantitative estimate of drug-likeness (QED) is 0.0293. The van der Waals surface area contributed by atoms with Crippen LogP contribution in [0.25, 0.3) is 44.3 Å². The first-order valence-corrected chi connectivity index (χ1v) is 39.4. The molecule has 5 aliphatic heterocycles. The molecule has 29 heteroatoms. The van der Waals surface area contributed by atoms with Crippen molar-refractivity contribution in [1.82, 2.24) is 60.3 Å². The Morgan fingerprint density at radius 1 is 0.953 bits per heavy atom. The van der Waals surface area contributed by atoms with Crippen molar-refractivity contribution in [3.63, 3.8) is 0 Å². The number of likely N-dealkylation sites (N-methyl/N-ethyl adjacent to an activating group) is 1. The second-order valence-electron chi connectivity index (χ2n) is 31.8. The van der Waals surface area contributed by atoms with E-state index in [0.717, 1.165) is 63.0 Å². The van der Waals surface area contributed by atoms with Crippen molar-refractivity contribution >= 4 is 75.5 Å². The maximum absolute atomic E-state index is 16.8. The number of carbonyl (C=O) groups excluding carboxylic acids is 5. The lowest BCUT2D eigenvalue weighted by molar-refractivity contribution is -0.156. The predicted octanol–water partition coefficient (Wildman–Crippen LogP) is 9.99. The fourth-order valence-electron chi connectivity index (χ4n) is 14.9. The van der Waals surface area contributed by atoms with Crippen molar-refractivity contribution in [2.75, 3.05) is 104 Å². The van der Waals surface area contributed by atoms with Gasteiger partial charge in [-0.25, -0.2) is 19.8 Å². The fraction of sp³-hybridized carbons (Fsp3) is 0.577. The van der Waals surface area contributed by atoms with E-state index in [4.69, 9.17) is 19.2 Å². The Morgan fingerprint density at radius 2 is 1.68 bits per heavy atom. The van der Waals surface area contributed by atoms with E-state index in [0.29, 0.717) is 68.3 Å². The summed E-state index contributed by atoms with van der Waals surface area (Å²) in [4.78, 5) is 93.4. The highest BCUT2D eigenvalue weighted by Crippen LogP contribution is 2.45. The zero-order valence-electron chi connectivity index (χ0n) is 64.4. The van der Waals surface area contributed by atoms with E-state index in [1.165, 1.54) is 42.5 Å². The van der Waals surface area contributed by atoms with Crippen molar-refractivity contribution in [1.29, 1.82) is 5.26 Å². The molecule has 4 aromatic heterocycles. The number of carbonyl (C=O) groups is 5. The number of hydrogen-bond acceptors (Lipinski definition) is 18. The smallest absolute Gasteiger partial charge is 0.419 e. The van der Waals surface area contributed by atoms with Gasteiger partial charge in [0.15, 0.2) is 5.67 Å². The summed E-state index contributed by atoms with van der Waals surface area (Å²) in [5.41, 5.74) is 5.22. The highest BCUT2D eigenvalue weighted by atomic mass is 31.2. The molecule has 5 N–H and O–H groups in total. The van der Waals surface area contributed by atoms with Gasteiger partial charge in [0.05, 0.1) is 70.5 Å². The number of aryl methyl sites for hydroxylation is 1. The minimum absolute atomic E-state index is 0.00631. The summed E-state index contributed by atoms with van der Waals surface area (Å²) in [5, 5.41) is 22.2. The van der Waals surface area contributed by atoms with Crippen molar-refractivity contribution in [2.45, 2.75) is 186 Å². The molecule has 0 radical (unpaired) electrons. The molecule has 4 saturated heterocycles. The van der Waals surface area contributed by atoms with Crippen LogP contribution in [0.4, 0.5) is 29.2 Å². The molecule has 6 bridgehead atoms. The number of nitriles is 1. The number of aromatic amines is 1. The number of H-pyrrole nitrogens is 1. The largest absolute Gasteiger partial charge is 0.464 e. The van der Waals surface area contributed by atoms with Gasteiger partial charge in [0.25, 0.3) is 17.7 Å². The van der Waals surface area contributed by atoms with Crippen molar-refractivity contribution in [2.24, 2.45) is 11.3 Å². The SMILES string of the molecule is CC1(C)CCC(Nc2ncc(C(F)(F)F)c(-c3c[nH]c4c(P(C)(C)=O)c(C#N)ccc34)n2)CN1.CCn1c(-c2cccnc2C(C)OC)c2c3cc(ccc31)N1CCOC(CC(NC(=O)C(C(C)C)N(C)C(=O)C3(F)CCN(C(=O)C#CC(C)(C)N(C)C)CC3)C(=O)N3CCCC(N3)C(=O)OCC(C)(C)C2)C1. The van der Waals surface area contributed by atoms with Gasteiger partial charge in [0.1, 0.15) is 30.8 Å². The van der Waals surface area contributed by atoms with Crippen molar-refractivity contribution in [3.05, 3.63) is 83.4 Å². The second-order valence-corrected chi connectivity index (χ2v) is 34.9. The number of aromatic nitrogens is 5. The van der Waals surface area contributed by atoms with E-state index < -0.39 is 95.2 Å². The number of methoxy groups -OCH3 is 1. The van der Waals surface area contributed by atoms with E-state index in [2.05, 4.69) is 117 Å². The van der Waals surface area contributed by atoms with Gasteiger partial charge in [-0.1, -0.05) is 39.7 Å².